The number of hydrogen-bond donors (Lipinski definition) is 1. The highest BCUT2D eigenvalue weighted by Crippen LogP contribution is 2.38. The van der Waals surface area contributed by atoms with Crippen LogP contribution >= 0.6 is 34.8 Å². The van der Waals surface area contributed by atoms with Crippen molar-refractivity contribution in [2.75, 3.05) is 0 Å². The molecule has 1 amide bonds. The molecule has 0 aliphatic carbocycles. The molecule has 1 unspecified atom stereocenters. The maximum absolute atomic E-state index is 13.3. The molecule has 0 saturated carbocycles. The van der Waals surface area contributed by atoms with Gasteiger partial charge in [-0.15, -0.1) is 0 Å². The number of hydrogen-bond acceptors (Lipinski definition) is 3. The summed E-state index contributed by atoms with van der Waals surface area (Å²) in [6, 6.07) is 1.000. The molecule has 1 aromatic carbocycles. The minimum absolute atomic E-state index is 0.394. The van der Waals surface area contributed by atoms with Crippen LogP contribution in [0, 0.1) is 0 Å². The summed E-state index contributed by atoms with van der Waals surface area (Å²) in [5.41, 5.74) is -0.771. The van der Waals surface area contributed by atoms with E-state index in [1.807, 2.05) is 0 Å². The number of aromatic nitrogens is 2. The number of alkyl halides is 7. The minimum atomic E-state index is -4.76. The van der Waals surface area contributed by atoms with E-state index in [-0.39, 0.29) is 0 Å². The van der Waals surface area contributed by atoms with Crippen LogP contribution in [0.4, 0.5) is 26.3 Å². The number of benzene rings is 1. The molecule has 14 heteroatoms. The molecule has 1 atom stereocenters. The fourth-order valence-corrected chi connectivity index (χ4v) is 2.56. The van der Waals surface area contributed by atoms with Crippen LogP contribution in [0.15, 0.2) is 18.3 Å². The molecular formula is C13H6Cl3F6N3O2. The third-order valence-electron chi connectivity index (χ3n) is 2.99. The predicted octanol–water partition coefficient (Wildman–Crippen LogP) is 4.80. The number of nitrogens with two attached hydrogens (primary N) is 1. The van der Waals surface area contributed by atoms with Crippen LogP contribution in [-0.4, -0.2) is 27.4 Å². The average Bonchev–Trinajstić information content (AvgIpc) is 2.88. The lowest BCUT2D eigenvalue weighted by molar-refractivity contribution is -0.199. The van der Waals surface area contributed by atoms with E-state index in [0.717, 1.165) is 0 Å². The van der Waals surface area contributed by atoms with Crippen molar-refractivity contribution in [3.63, 3.8) is 0 Å². The Morgan fingerprint density at radius 1 is 1.19 bits per heavy atom. The van der Waals surface area contributed by atoms with E-state index in [2.05, 4.69) is 21.4 Å². The predicted molar refractivity (Wildman–Crippen MR) is 83.4 cm³/mol. The minimum Gasteiger partial charge on any atom is -0.425 e. The summed E-state index contributed by atoms with van der Waals surface area (Å²) < 4.78 is 82.3. The normalized spacial score (nSPS) is 13.5. The van der Waals surface area contributed by atoms with Gasteiger partial charge in [-0.05, 0) is 12.1 Å². The molecule has 0 aliphatic rings. The molecule has 0 fully saturated rings. The average molecular weight is 457 g/mol. The molecule has 1 aromatic heterocycles. The Balaban J connectivity index is 2.58. The first-order chi connectivity index (χ1) is 12.2. The van der Waals surface area contributed by atoms with E-state index in [4.69, 9.17) is 28.9 Å². The Bertz CT molecular complexity index is 862. The van der Waals surface area contributed by atoms with E-state index in [1.165, 1.54) is 0 Å². The molecule has 27 heavy (non-hydrogen) atoms. The highest BCUT2D eigenvalue weighted by atomic mass is 35.5. The first-order valence-electron chi connectivity index (χ1n) is 6.55. The Hall–Kier alpha value is -1.85. The Labute approximate surface area is 161 Å². The van der Waals surface area contributed by atoms with Gasteiger partial charge in [-0.1, -0.05) is 34.8 Å². The number of nitrogens with zero attached hydrogens (tertiary/aromatic N) is 2. The summed E-state index contributed by atoms with van der Waals surface area (Å²) in [6.45, 7) is 0. The summed E-state index contributed by atoms with van der Waals surface area (Å²) in [6.07, 6.45) is -8.72. The van der Waals surface area contributed by atoms with Crippen LogP contribution in [0.3, 0.4) is 0 Å². The molecule has 0 spiro atoms. The lowest BCUT2D eigenvalue weighted by atomic mass is 10.2. The zero-order valence-electron chi connectivity index (χ0n) is 12.5. The van der Waals surface area contributed by atoms with Gasteiger partial charge in [0.2, 0.25) is 0 Å². The fraction of sp³-hybridized carbons (Fsp3) is 0.231. The molecule has 0 saturated heterocycles. The van der Waals surface area contributed by atoms with Gasteiger partial charge < -0.3 is 10.5 Å². The number of carbonyl (C=O) groups excluding carboxylic acids is 1. The number of rotatable bonds is 5. The second kappa shape index (κ2) is 7.28. The molecule has 0 radical (unpaired) electrons. The molecule has 2 N–H and O–H groups in total. The van der Waals surface area contributed by atoms with Crippen LogP contribution in [0.25, 0.3) is 5.69 Å². The van der Waals surface area contributed by atoms with Crippen molar-refractivity contribution in [2.45, 2.75) is 17.9 Å². The number of halogens is 9. The lowest BCUT2D eigenvalue weighted by Gasteiger charge is -2.16. The zero-order chi connectivity index (χ0) is 20.7. The van der Waals surface area contributed by atoms with E-state index < -0.39 is 56.6 Å². The standard InChI is InChI=1S/C13H6Cl3F6N3O2/c14-5-1-4(12(18,19)20)2-6(15)9(5)25-3-7(8(24-25)10(23)26)27-13(21,22)11(16)17/h1-3,11H,(H2,23,26). The van der Waals surface area contributed by atoms with Crippen molar-refractivity contribution in [1.82, 2.24) is 9.78 Å². The number of primary amides is 1. The molecule has 148 valence electrons. The van der Waals surface area contributed by atoms with Crippen LogP contribution in [0.5, 0.6) is 5.75 Å². The van der Waals surface area contributed by atoms with Gasteiger partial charge in [0.1, 0.15) is 5.69 Å². The van der Waals surface area contributed by atoms with Gasteiger partial charge in [-0.2, -0.15) is 27.1 Å². The molecule has 1 heterocycles. The lowest BCUT2D eigenvalue weighted by Crippen LogP contribution is -2.33. The van der Waals surface area contributed by atoms with Crippen molar-refractivity contribution >= 4 is 40.7 Å². The highest BCUT2D eigenvalue weighted by molar-refractivity contribution is 6.37. The van der Waals surface area contributed by atoms with Gasteiger partial charge in [0.15, 0.2) is 11.4 Å². The van der Waals surface area contributed by atoms with Gasteiger partial charge >= 0.3 is 12.3 Å². The summed E-state index contributed by atoms with van der Waals surface area (Å²) in [4.78, 5) is 11.4. The molecule has 2 rings (SSSR count). The number of ether oxygens (including phenoxy) is 1. The Morgan fingerprint density at radius 3 is 2.11 bits per heavy atom. The third-order valence-corrected chi connectivity index (χ3v) is 3.82. The van der Waals surface area contributed by atoms with Crippen molar-refractivity contribution in [2.24, 2.45) is 5.73 Å². The smallest absolute Gasteiger partial charge is 0.425 e. The van der Waals surface area contributed by atoms with Crippen LogP contribution in [0.1, 0.15) is 16.1 Å². The van der Waals surface area contributed by atoms with E-state index in [1.54, 1.807) is 0 Å². The van der Waals surface area contributed by atoms with Gasteiger partial charge in [-0.25, -0.2) is 9.07 Å². The van der Waals surface area contributed by atoms with Gasteiger partial charge in [0, 0.05) is 0 Å². The Kier molecular flexibility index (Phi) is 5.79. The topological polar surface area (TPSA) is 70.1 Å². The maximum Gasteiger partial charge on any atom is 0.444 e. The third kappa shape index (κ3) is 4.53. The first kappa shape index (κ1) is 21.5. The van der Waals surface area contributed by atoms with Gasteiger partial charge in [0.05, 0.1) is 21.8 Å². The SMILES string of the molecule is NC(=O)c1nn(-c2c(Cl)cc(C(F)(F)F)cc2Cl)cc1OC(F)(F)C(F)Cl. The van der Waals surface area contributed by atoms with Crippen LogP contribution in [0.2, 0.25) is 10.0 Å². The molecule has 0 bridgehead atoms. The first-order valence-corrected chi connectivity index (χ1v) is 7.74. The molecular weight excluding hydrogens is 451 g/mol. The van der Waals surface area contributed by atoms with Crippen LogP contribution in [-0.2, 0) is 6.18 Å². The molecule has 5 nitrogen and oxygen atoms in total. The summed E-state index contributed by atoms with van der Waals surface area (Å²) in [7, 11) is 0. The second-order valence-electron chi connectivity index (χ2n) is 4.90. The Morgan fingerprint density at radius 2 is 1.70 bits per heavy atom. The fourth-order valence-electron chi connectivity index (χ4n) is 1.86. The van der Waals surface area contributed by atoms with Gasteiger partial charge in [0.25, 0.3) is 11.5 Å². The van der Waals surface area contributed by atoms with Crippen molar-refractivity contribution < 1.29 is 35.9 Å². The van der Waals surface area contributed by atoms with E-state index >= 15 is 0 Å². The summed E-state index contributed by atoms with van der Waals surface area (Å²) in [5, 5.41) is 2.35. The number of amides is 1. The number of carbonyl (C=O) groups is 1. The summed E-state index contributed by atoms with van der Waals surface area (Å²) in [5.74, 6) is -2.36. The van der Waals surface area contributed by atoms with Crippen molar-refractivity contribution in [3.05, 3.63) is 39.6 Å². The molecule has 2 aromatic rings. The van der Waals surface area contributed by atoms with E-state index in [0.29, 0.717) is 23.0 Å². The van der Waals surface area contributed by atoms with Crippen LogP contribution < -0.4 is 10.5 Å². The quantitative estimate of drug-likeness (QED) is 0.519. The van der Waals surface area contributed by atoms with Crippen molar-refractivity contribution in [1.29, 1.82) is 0 Å². The second-order valence-corrected chi connectivity index (χ2v) is 6.10. The maximum atomic E-state index is 13.3. The van der Waals surface area contributed by atoms with E-state index in [9.17, 15) is 31.1 Å². The zero-order valence-corrected chi connectivity index (χ0v) is 14.8. The van der Waals surface area contributed by atoms with Crippen molar-refractivity contribution in [3.8, 4) is 11.4 Å². The largest absolute Gasteiger partial charge is 0.444 e. The van der Waals surface area contributed by atoms with Gasteiger partial charge in [-0.3, -0.25) is 4.79 Å². The monoisotopic (exact) mass is 455 g/mol. The molecule has 0 aliphatic heterocycles. The highest BCUT2D eigenvalue weighted by Gasteiger charge is 2.43. The summed E-state index contributed by atoms with van der Waals surface area (Å²) >= 11 is 16.2.